The van der Waals surface area contributed by atoms with E-state index in [0.717, 1.165) is 11.1 Å². The fourth-order valence-electron chi connectivity index (χ4n) is 4.69. The highest BCUT2D eigenvalue weighted by molar-refractivity contribution is 9.10. The Morgan fingerprint density at radius 3 is 2.62 bits per heavy atom. The molecule has 1 aromatic heterocycles. The van der Waals surface area contributed by atoms with Gasteiger partial charge in [-0.3, -0.25) is 4.79 Å². The Bertz CT molecular complexity index is 1660. The van der Waals surface area contributed by atoms with E-state index in [4.69, 9.17) is 35.9 Å². The topological polar surface area (TPSA) is 99.5 Å². The average Bonchev–Trinajstić information content (AvgIpc) is 3.38. The first-order valence-electron chi connectivity index (χ1n) is 13.1. The van der Waals surface area contributed by atoms with E-state index in [1.807, 2.05) is 68.4 Å². The van der Waals surface area contributed by atoms with Crippen molar-refractivity contribution >= 4 is 56.8 Å². The standard InChI is InChI=1S/C30H29BrClN5O4S/c1-5-41-23-13-9-8-12-22(23)34-28(38)25-17(2)33-29-35-30(42-16-18-10-6-7-11-21(18)32)36-37(29)26(25)19-14-20(31)27(40-4)24(15-19)39-3/h6-15,26H,5,16H2,1-4H3,(H,34,38)(H,33,35,36). The van der Waals surface area contributed by atoms with Crippen LogP contribution in [0.3, 0.4) is 0 Å². The number of para-hydroxylation sites is 2. The van der Waals surface area contributed by atoms with Gasteiger partial charge in [-0.05, 0) is 71.2 Å². The van der Waals surface area contributed by atoms with Crippen LogP contribution >= 0.6 is 39.3 Å². The molecule has 0 saturated heterocycles. The second-order valence-corrected chi connectivity index (χ2v) is 11.4. The molecular weight excluding hydrogens is 642 g/mol. The molecule has 42 heavy (non-hydrogen) atoms. The number of nitrogens with zero attached hydrogens (tertiary/aromatic N) is 3. The SMILES string of the molecule is CCOc1ccccc1NC(=O)C1=C(C)Nc2nc(SCc3ccccc3Cl)nn2C1c1cc(Br)c(OC)c(OC)c1. The van der Waals surface area contributed by atoms with Gasteiger partial charge >= 0.3 is 0 Å². The van der Waals surface area contributed by atoms with Gasteiger partial charge in [-0.15, -0.1) is 5.10 Å². The van der Waals surface area contributed by atoms with Crippen LogP contribution < -0.4 is 24.8 Å². The second-order valence-electron chi connectivity index (χ2n) is 9.23. The van der Waals surface area contributed by atoms with Crippen LogP contribution in [0.25, 0.3) is 0 Å². The Morgan fingerprint density at radius 1 is 1.12 bits per heavy atom. The summed E-state index contributed by atoms with van der Waals surface area (Å²) < 4.78 is 19.3. The summed E-state index contributed by atoms with van der Waals surface area (Å²) in [6.07, 6.45) is 0. The van der Waals surface area contributed by atoms with Crippen LogP contribution in [0.15, 0.2) is 81.6 Å². The number of hydrogen-bond acceptors (Lipinski definition) is 8. The van der Waals surface area contributed by atoms with Crippen LogP contribution in [0.2, 0.25) is 5.02 Å². The smallest absolute Gasteiger partial charge is 0.255 e. The molecule has 12 heteroatoms. The highest BCUT2D eigenvalue weighted by atomic mass is 79.9. The fourth-order valence-corrected chi connectivity index (χ4v) is 6.43. The van der Waals surface area contributed by atoms with Gasteiger partial charge in [0.1, 0.15) is 11.8 Å². The number of fused-ring (bicyclic) bond motifs is 1. The number of aromatic nitrogens is 3. The first kappa shape index (κ1) is 29.8. The Labute approximate surface area is 261 Å². The summed E-state index contributed by atoms with van der Waals surface area (Å²) >= 11 is 11.4. The molecule has 218 valence electrons. The normalized spacial score (nSPS) is 14.2. The van der Waals surface area contributed by atoms with Crippen LogP contribution in [0, 0.1) is 0 Å². The Hall–Kier alpha value is -3.67. The number of ether oxygens (including phenoxy) is 3. The zero-order valence-corrected chi connectivity index (χ0v) is 26.6. The van der Waals surface area contributed by atoms with Crippen LogP contribution in [-0.4, -0.2) is 41.5 Å². The van der Waals surface area contributed by atoms with E-state index in [1.54, 1.807) is 25.0 Å². The lowest BCUT2D eigenvalue weighted by molar-refractivity contribution is -0.113. The number of carbonyl (C=O) groups is 1. The number of rotatable bonds is 10. The summed E-state index contributed by atoms with van der Waals surface area (Å²) in [4.78, 5) is 18.8. The van der Waals surface area contributed by atoms with Gasteiger partial charge in [-0.25, -0.2) is 4.68 Å². The molecule has 2 N–H and O–H groups in total. The maximum absolute atomic E-state index is 14.0. The number of amides is 1. The second kappa shape index (κ2) is 13.1. The highest BCUT2D eigenvalue weighted by Gasteiger charge is 2.35. The van der Waals surface area contributed by atoms with E-state index >= 15 is 0 Å². The van der Waals surface area contributed by atoms with E-state index in [1.165, 1.54) is 11.8 Å². The van der Waals surface area contributed by atoms with Crippen molar-refractivity contribution in [2.45, 2.75) is 30.8 Å². The van der Waals surface area contributed by atoms with Crippen molar-refractivity contribution < 1.29 is 19.0 Å². The lowest BCUT2D eigenvalue weighted by Crippen LogP contribution is -2.31. The summed E-state index contributed by atoms with van der Waals surface area (Å²) in [5, 5.41) is 12.4. The zero-order chi connectivity index (χ0) is 29.8. The molecule has 0 radical (unpaired) electrons. The van der Waals surface area contributed by atoms with E-state index in [-0.39, 0.29) is 5.91 Å². The van der Waals surface area contributed by atoms with E-state index in [0.29, 0.717) is 67.2 Å². The van der Waals surface area contributed by atoms with Crippen LogP contribution in [0.4, 0.5) is 11.6 Å². The number of allylic oxidation sites excluding steroid dienone is 1. The fraction of sp³-hybridized carbons (Fsp3) is 0.233. The average molecular weight is 671 g/mol. The molecule has 9 nitrogen and oxygen atoms in total. The predicted molar refractivity (Wildman–Crippen MR) is 169 cm³/mol. The minimum atomic E-state index is -0.640. The maximum atomic E-state index is 14.0. The van der Waals surface area contributed by atoms with Crippen molar-refractivity contribution in [2.24, 2.45) is 0 Å². The van der Waals surface area contributed by atoms with Gasteiger partial charge in [-0.2, -0.15) is 4.98 Å². The van der Waals surface area contributed by atoms with Gasteiger partial charge in [-0.1, -0.05) is 53.7 Å². The summed E-state index contributed by atoms with van der Waals surface area (Å²) in [5.41, 5.74) is 3.39. The van der Waals surface area contributed by atoms with Crippen LogP contribution in [-0.2, 0) is 10.5 Å². The third kappa shape index (κ3) is 6.08. The molecule has 1 unspecified atom stereocenters. The zero-order valence-electron chi connectivity index (χ0n) is 23.4. The number of benzene rings is 3. The molecule has 1 amide bonds. The van der Waals surface area contributed by atoms with Crippen molar-refractivity contribution in [3.63, 3.8) is 0 Å². The molecule has 5 rings (SSSR count). The lowest BCUT2D eigenvalue weighted by atomic mass is 9.94. The number of methoxy groups -OCH3 is 2. The van der Waals surface area contributed by atoms with Gasteiger partial charge in [0.05, 0.1) is 36.6 Å². The molecule has 1 aliphatic rings. The quantitative estimate of drug-likeness (QED) is 0.169. The first-order chi connectivity index (χ1) is 20.3. The molecule has 2 heterocycles. The number of carbonyl (C=O) groups excluding carboxylic acids is 1. The Kier molecular flexibility index (Phi) is 9.30. The number of thioether (sulfide) groups is 1. The third-order valence-corrected chi connectivity index (χ3v) is 8.44. The molecule has 3 aromatic carbocycles. The first-order valence-corrected chi connectivity index (χ1v) is 15.2. The number of halogens is 2. The molecule has 0 spiro atoms. The molecule has 0 aliphatic carbocycles. The van der Waals surface area contributed by atoms with Crippen molar-refractivity contribution in [1.29, 1.82) is 0 Å². The molecule has 1 atom stereocenters. The van der Waals surface area contributed by atoms with Gasteiger partial charge in [0.15, 0.2) is 11.5 Å². The third-order valence-electron chi connectivity index (χ3n) is 6.60. The van der Waals surface area contributed by atoms with Crippen molar-refractivity contribution in [3.8, 4) is 17.2 Å². The monoisotopic (exact) mass is 669 g/mol. The van der Waals surface area contributed by atoms with Gasteiger partial charge in [0, 0.05) is 16.5 Å². The largest absolute Gasteiger partial charge is 0.493 e. The van der Waals surface area contributed by atoms with E-state index in [9.17, 15) is 4.79 Å². The van der Waals surface area contributed by atoms with Gasteiger partial charge < -0.3 is 24.8 Å². The molecule has 4 aromatic rings. The Morgan fingerprint density at radius 2 is 1.88 bits per heavy atom. The van der Waals surface area contributed by atoms with E-state index < -0.39 is 6.04 Å². The van der Waals surface area contributed by atoms with Crippen molar-refractivity contribution in [3.05, 3.63) is 92.6 Å². The summed E-state index contributed by atoms with van der Waals surface area (Å²) in [6, 6.07) is 18.1. The predicted octanol–water partition coefficient (Wildman–Crippen LogP) is 7.33. The minimum absolute atomic E-state index is 0.311. The lowest BCUT2D eigenvalue weighted by Gasteiger charge is -2.29. The Balaban J connectivity index is 1.57. The summed E-state index contributed by atoms with van der Waals surface area (Å²) in [5.74, 6) is 2.42. The van der Waals surface area contributed by atoms with Gasteiger partial charge in [0.25, 0.3) is 5.91 Å². The molecule has 0 saturated carbocycles. The minimum Gasteiger partial charge on any atom is -0.493 e. The molecular formula is C30H29BrClN5O4S. The van der Waals surface area contributed by atoms with Crippen LogP contribution in [0.5, 0.6) is 17.2 Å². The van der Waals surface area contributed by atoms with Crippen molar-refractivity contribution in [2.75, 3.05) is 31.5 Å². The number of anilines is 2. The van der Waals surface area contributed by atoms with Crippen molar-refractivity contribution in [1.82, 2.24) is 14.8 Å². The van der Waals surface area contributed by atoms with Gasteiger partial charge in [0.2, 0.25) is 11.1 Å². The summed E-state index contributed by atoms with van der Waals surface area (Å²) in [7, 11) is 3.14. The highest BCUT2D eigenvalue weighted by Crippen LogP contribution is 2.43. The maximum Gasteiger partial charge on any atom is 0.255 e. The van der Waals surface area contributed by atoms with Crippen LogP contribution in [0.1, 0.15) is 31.0 Å². The molecule has 0 bridgehead atoms. The summed E-state index contributed by atoms with van der Waals surface area (Å²) in [6.45, 7) is 4.21. The number of hydrogen-bond donors (Lipinski definition) is 2. The molecule has 0 fully saturated rings. The molecule has 1 aliphatic heterocycles. The van der Waals surface area contributed by atoms with E-state index in [2.05, 4.69) is 26.6 Å². The number of nitrogens with one attached hydrogen (secondary N) is 2.